The number of carbonyl (C=O) groups is 1. The van der Waals surface area contributed by atoms with Crippen molar-refractivity contribution in [1.82, 2.24) is 10.6 Å². The number of benzene rings is 1. The highest BCUT2D eigenvalue weighted by Crippen LogP contribution is 2.27. The molecule has 1 heterocycles. The lowest BCUT2D eigenvalue weighted by Gasteiger charge is -2.27. The molecule has 0 saturated carbocycles. The van der Waals surface area contributed by atoms with Crippen LogP contribution >= 0.6 is 11.6 Å². The molecule has 5 nitrogen and oxygen atoms in total. The summed E-state index contributed by atoms with van der Waals surface area (Å²) in [5.74, 6) is -0.323. The number of aryl methyl sites for hydroxylation is 1. The van der Waals surface area contributed by atoms with Gasteiger partial charge in [0, 0.05) is 30.6 Å². The van der Waals surface area contributed by atoms with Crippen LogP contribution in [0.1, 0.15) is 30.9 Å². The Balaban J connectivity index is 2.13. The molecule has 0 bridgehead atoms. The number of rotatable bonds is 4. The molecule has 0 aromatic heterocycles. The van der Waals surface area contributed by atoms with E-state index in [1.54, 1.807) is 0 Å². The Morgan fingerprint density at radius 2 is 2.26 bits per heavy atom. The molecule has 2 atom stereocenters. The molecule has 128 valence electrons. The van der Waals surface area contributed by atoms with Crippen molar-refractivity contribution in [2.75, 3.05) is 26.2 Å². The molecule has 3 N–H and O–H groups in total. The number of carbonyl (C=O) groups excluding carboxylic acids is 1. The van der Waals surface area contributed by atoms with Crippen LogP contribution < -0.4 is 10.6 Å². The normalized spacial score (nSPS) is 22.5. The second-order valence-corrected chi connectivity index (χ2v) is 6.90. The van der Waals surface area contributed by atoms with Gasteiger partial charge in [0.2, 0.25) is 0 Å². The van der Waals surface area contributed by atoms with Crippen LogP contribution in [0, 0.1) is 6.92 Å². The van der Waals surface area contributed by atoms with Crippen molar-refractivity contribution in [3.05, 3.63) is 34.3 Å². The lowest BCUT2D eigenvalue weighted by atomic mass is 9.92. The van der Waals surface area contributed by atoms with Crippen molar-refractivity contribution in [3.8, 4) is 0 Å². The van der Waals surface area contributed by atoms with Gasteiger partial charge < -0.3 is 20.5 Å². The number of aliphatic hydroxyl groups is 1. The second kappa shape index (κ2) is 7.62. The summed E-state index contributed by atoms with van der Waals surface area (Å²) in [6.07, 6.45) is -0.171. The SMILES string of the molecule is Cc1ccc(C2CNCCOC2CNC(=O)C(C)(C)O)cc1Cl. The number of halogens is 1. The maximum Gasteiger partial charge on any atom is 0.251 e. The zero-order chi connectivity index (χ0) is 17.0. The van der Waals surface area contributed by atoms with Crippen molar-refractivity contribution in [1.29, 1.82) is 0 Å². The summed E-state index contributed by atoms with van der Waals surface area (Å²) in [4.78, 5) is 11.9. The van der Waals surface area contributed by atoms with Gasteiger partial charge in [-0.3, -0.25) is 4.79 Å². The Morgan fingerprint density at radius 3 is 2.91 bits per heavy atom. The second-order valence-electron chi connectivity index (χ2n) is 6.50. The van der Waals surface area contributed by atoms with Gasteiger partial charge in [0.25, 0.3) is 5.91 Å². The molecule has 1 aromatic rings. The minimum atomic E-state index is -1.40. The molecule has 2 unspecified atom stereocenters. The molecule has 23 heavy (non-hydrogen) atoms. The fourth-order valence-corrected chi connectivity index (χ4v) is 2.76. The number of hydrogen-bond donors (Lipinski definition) is 3. The Hall–Kier alpha value is -1.14. The minimum Gasteiger partial charge on any atom is -0.381 e. The molecule has 0 aliphatic carbocycles. The molecule has 2 rings (SSSR count). The van der Waals surface area contributed by atoms with Gasteiger partial charge in [-0.2, -0.15) is 0 Å². The van der Waals surface area contributed by atoms with Gasteiger partial charge in [0.05, 0.1) is 12.7 Å². The number of hydrogen-bond acceptors (Lipinski definition) is 4. The summed E-state index contributed by atoms with van der Waals surface area (Å²) in [5, 5.41) is 16.6. The van der Waals surface area contributed by atoms with Crippen molar-refractivity contribution >= 4 is 17.5 Å². The maximum atomic E-state index is 11.9. The highest BCUT2D eigenvalue weighted by atomic mass is 35.5. The third-order valence-electron chi connectivity index (χ3n) is 4.07. The van der Waals surface area contributed by atoms with Crippen molar-refractivity contribution < 1.29 is 14.6 Å². The Kier molecular flexibility index (Phi) is 6.03. The smallest absolute Gasteiger partial charge is 0.251 e. The van der Waals surface area contributed by atoms with Crippen molar-refractivity contribution in [2.24, 2.45) is 0 Å². The molecule has 6 heteroatoms. The summed E-state index contributed by atoms with van der Waals surface area (Å²) in [7, 11) is 0. The Labute approximate surface area is 142 Å². The van der Waals surface area contributed by atoms with Crippen LogP contribution in [0.25, 0.3) is 0 Å². The van der Waals surface area contributed by atoms with E-state index in [-0.39, 0.29) is 12.0 Å². The first-order valence-electron chi connectivity index (χ1n) is 7.88. The summed E-state index contributed by atoms with van der Waals surface area (Å²) < 4.78 is 5.90. The third kappa shape index (κ3) is 4.91. The fourth-order valence-electron chi connectivity index (χ4n) is 2.57. The first-order chi connectivity index (χ1) is 10.8. The van der Waals surface area contributed by atoms with Crippen LogP contribution in [-0.4, -0.2) is 49.0 Å². The largest absolute Gasteiger partial charge is 0.381 e. The summed E-state index contributed by atoms with van der Waals surface area (Å²) in [6, 6.07) is 6.00. The average Bonchev–Trinajstić information content (AvgIpc) is 2.72. The van der Waals surface area contributed by atoms with Crippen molar-refractivity contribution in [2.45, 2.75) is 38.4 Å². The number of ether oxygens (including phenoxy) is 1. The highest BCUT2D eigenvalue weighted by Gasteiger charge is 2.29. The van der Waals surface area contributed by atoms with E-state index in [9.17, 15) is 9.90 Å². The van der Waals surface area contributed by atoms with E-state index in [1.165, 1.54) is 13.8 Å². The fraction of sp³-hybridized carbons (Fsp3) is 0.588. The monoisotopic (exact) mass is 340 g/mol. The minimum absolute atomic E-state index is 0.0812. The first-order valence-corrected chi connectivity index (χ1v) is 8.26. The average molecular weight is 341 g/mol. The lowest BCUT2D eigenvalue weighted by molar-refractivity contribution is -0.137. The molecule has 1 fully saturated rings. The molecule has 0 radical (unpaired) electrons. The highest BCUT2D eigenvalue weighted by molar-refractivity contribution is 6.31. The van der Waals surface area contributed by atoms with E-state index in [0.717, 1.165) is 29.2 Å². The van der Waals surface area contributed by atoms with Gasteiger partial charge in [-0.1, -0.05) is 23.7 Å². The summed E-state index contributed by atoms with van der Waals surface area (Å²) in [6.45, 7) is 7.35. The van der Waals surface area contributed by atoms with Gasteiger partial charge >= 0.3 is 0 Å². The quantitative estimate of drug-likeness (QED) is 0.778. The molecule has 1 aromatic carbocycles. The summed E-state index contributed by atoms with van der Waals surface area (Å²) in [5.41, 5.74) is 0.716. The third-order valence-corrected chi connectivity index (χ3v) is 4.47. The van der Waals surface area contributed by atoms with Gasteiger partial charge in [0.1, 0.15) is 5.60 Å². The first kappa shape index (κ1) is 18.2. The zero-order valence-corrected chi connectivity index (χ0v) is 14.6. The molecular formula is C17H25ClN2O3. The summed E-state index contributed by atoms with van der Waals surface area (Å²) >= 11 is 6.24. The zero-order valence-electron chi connectivity index (χ0n) is 13.9. The standard InChI is InChI=1S/C17H25ClN2O3/c1-11-4-5-12(8-14(11)18)13-9-19-6-7-23-15(13)10-20-16(21)17(2,3)22/h4-5,8,13,15,19,22H,6-7,9-10H2,1-3H3,(H,20,21). The van der Waals surface area contributed by atoms with E-state index in [1.807, 2.05) is 25.1 Å². The Morgan fingerprint density at radius 1 is 1.52 bits per heavy atom. The van der Waals surface area contributed by atoms with E-state index in [2.05, 4.69) is 10.6 Å². The van der Waals surface area contributed by atoms with Gasteiger partial charge in [-0.15, -0.1) is 0 Å². The molecule has 1 aliphatic heterocycles. The van der Waals surface area contributed by atoms with Crippen LogP contribution in [0.3, 0.4) is 0 Å². The van der Waals surface area contributed by atoms with Crippen LogP contribution in [0.15, 0.2) is 18.2 Å². The molecular weight excluding hydrogens is 316 g/mol. The topological polar surface area (TPSA) is 70.6 Å². The van der Waals surface area contributed by atoms with E-state index >= 15 is 0 Å². The predicted octanol–water partition coefficient (Wildman–Crippen LogP) is 1.61. The maximum absolute atomic E-state index is 11.9. The van der Waals surface area contributed by atoms with Gasteiger partial charge in [-0.05, 0) is 38.0 Å². The van der Waals surface area contributed by atoms with Crippen LogP contribution in [-0.2, 0) is 9.53 Å². The van der Waals surface area contributed by atoms with Crippen LogP contribution in [0.5, 0.6) is 0 Å². The number of nitrogens with one attached hydrogen (secondary N) is 2. The van der Waals surface area contributed by atoms with Gasteiger partial charge in [0.15, 0.2) is 0 Å². The van der Waals surface area contributed by atoms with Crippen LogP contribution in [0.4, 0.5) is 0 Å². The van der Waals surface area contributed by atoms with Crippen molar-refractivity contribution in [3.63, 3.8) is 0 Å². The van der Waals surface area contributed by atoms with Crippen LogP contribution in [0.2, 0.25) is 5.02 Å². The van der Waals surface area contributed by atoms with Gasteiger partial charge in [-0.25, -0.2) is 0 Å². The molecule has 1 saturated heterocycles. The lowest BCUT2D eigenvalue weighted by Crippen LogP contribution is -2.46. The molecule has 1 amide bonds. The van der Waals surface area contributed by atoms with E-state index < -0.39 is 11.5 Å². The predicted molar refractivity (Wildman–Crippen MR) is 90.8 cm³/mol. The Bertz CT molecular complexity index is 557. The molecule has 0 spiro atoms. The molecule has 1 aliphatic rings. The van der Waals surface area contributed by atoms with E-state index in [0.29, 0.717) is 13.2 Å². The van der Waals surface area contributed by atoms with E-state index in [4.69, 9.17) is 16.3 Å². The number of amides is 1.